The molecule has 172 valence electrons. The van der Waals surface area contributed by atoms with Crippen LogP contribution in [0.1, 0.15) is 17.8 Å². The molecule has 10 nitrogen and oxygen atoms in total. The first-order chi connectivity index (χ1) is 20.9. The van der Waals surface area contributed by atoms with Gasteiger partial charge in [-0.05, 0) is 18.2 Å². The number of para-hydroxylation sites is 2. The summed E-state index contributed by atoms with van der Waals surface area (Å²) in [7, 11) is -6.03. The van der Waals surface area contributed by atoms with Crippen LogP contribution in [-0.2, 0) is 4.79 Å². The second-order valence-corrected chi connectivity index (χ2v) is 6.82. The number of benzene rings is 2. The SMILES string of the molecule is [2H]C([2H])([2H])Oc1cc2nc(N3CC([2H])([2H])N(C(=O)C4([2H])Oc5ccccc5OC4([2H])[2H])C([2H])([2H])C3)nc(N)c2cc1OC([2H])([2H])[2H]. The molecule has 33 heavy (non-hydrogen) atoms. The van der Waals surface area contributed by atoms with Crippen LogP contribution >= 0.6 is 0 Å². The third kappa shape index (κ3) is 3.88. The smallest absolute Gasteiger partial charge is 0.267 e. The molecular formula is C23H25N5O5. The minimum absolute atomic E-state index is 0.00571. The molecule has 1 aromatic heterocycles. The van der Waals surface area contributed by atoms with Crippen molar-refractivity contribution < 1.29 is 41.6 Å². The standard InChI is InChI=1S/C23H25N5O5/c1-30-18-11-14-15(12-19(18)31-2)25-23(26-21(14)24)28-9-7-27(8-10-28)22(29)20-13-32-16-5-3-4-6-17(16)33-20/h3-6,11-12,20H,7-10,13H2,1-2H3,(H2,24,25,26)/i1D3,2D3,7D2,8D2,13D2,20D. The fourth-order valence-electron chi connectivity index (χ4n) is 3.20. The third-order valence-corrected chi connectivity index (χ3v) is 4.83. The van der Waals surface area contributed by atoms with Crippen molar-refractivity contribution in [2.45, 2.75) is 6.08 Å². The van der Waals surface area contributed by atoms with Crippen LogP contribution in [0.2, 0.25) is 0 Å². The Bertz CT molecular complexity index is 1690. The quantitative estimate of drug-likeness (QED) is 0.617. The Kier molecular flexibility index (Phi) is 2.79. The number of methoxy groups -OCH3 is 2. The molecule has 1 amide bonds. The van der Waals surface area contributed by atoms with Crippen molar-refractivity contribution in [3.05, 3.63) is 36.4 Å². The molecule has 3 aromatic rings. The normalized spacial score (nSPS) is 31.1. The number of carbonyl (C=O) groups excluding carboxylic acids is 1. The maximum absolute atomic E-state index is 13.7. The molecule has 5 rings (SSSR count). The second kappa shape index (κ2) is 8.53. The Labute approximate surface area is 209 Å². The molecule has 0 aliphatic carbocycles. The van der Waals surface area contributed by atoms with Crippen LogP contribution in [0, 0.1) is 0 Å². The summed E-state index contributed by atoms with van der Waals surface area (Å²) in [5, 5.41) is -0.00571. The minimum Gasteiger partial charge on any atom is -0.493 e. The zero-order valence-electron chi connectivity index (χ0n) is 29.8. The highest BCUT2D eigenvalue weighted by atomic mass is 16.6. The molecular weight excluding hydrogens is 426 g/mol. The lowest BCUT2D eigenvalue weighted by Crippen LogP contribution is -2.54. The fourth-order valence-corrected chi connectivity index (χ4v) is 3.20. The molecule has 0 spiro atoms. The molecule has 2 aliphatic rings. The molecule has 0 saturated carbocycles. The molecule has 0 bridgehead atoms. The highest BCUT2D eigenvalue weighted by molar-refractivity contribution is 5.91. The number of aromatic nitrogens is 2. The van der Waals surface area contributed by atoms with E-state index in [0.29, 0.717) is 0 Å². The van der Waals surface area contributed by atoms with Crippen LogP contribution in [0.15, 0.2) is 36.4 Å². The summed E-state index contributed by atoms with van der Waals surface area (Å²) >= 11 is 0. The molecule has 2 N–H and O–H groups in total. The van der Waals surface area contributed by atoms with E-state index in [-0.39, 0.29) is 39.1 Å². The van der Waals surface area contributed by atoms with E-state index in [9.17, 15) is 4.79 Å². The summed E-state index contributed by atoms with van der Waals surface area (Å²) in [6, 6.07) is 7.67. The number of ether oxygens (including phenoxy) is 4. The first-order valence-electron chi connectivity index (χ1n) is 16.0. The number of fused-ring (bicyclic) bond motifs is 2. The van der Waals surface area contributed by atoms with Gasteiger partial charge in [-0.2, -0.15) is 4.98 Å². The van der Waals surface area contributed by atoms with E-state index in [1.807, 2.05) is 0 Å². The highest BCUT2D eigenvalue weighted by Crippen LogP contribution is 2.34. The van der Waals surface area contributed by atoms with E-state index in [1.54, 1.807) is 0 Å². The predicted octanol–water partition coefficient (Wildman–Crippen LogP) is 1.72. The number of amides is 1. The van der Waals surface area contributed by atoms with E-state index in [4.69, 9.17) is 42.5 Å². The van der Waals surface area contributed by atoms with Crippen LogP contribution in [0.4, 0.5) is 11.8 Å². The summed E-state index contributed by atoms with van der Waals surface area (Å²) in [4.78, 5) is 23.1. The van der Waals surface area contributed by atoms with Gasteiger partial charge in [0.05, 0.1) is 37.4 Å². The number of nitrogens with two attached hydrogens (primary N) is 1. The summed E-state index contributed by atoms with van der Waals surface area (Å²) < 4.78 is 124. The molecule has 1 unspecified atom stereocenters. The average Bonchev–Trinajstić information content (AvgIpc) is 2.86. The van der Waals surface area contributed by atoms with Gasteiger partial charge in [-0.25, -0.2) is 4.98 Å². The van der Waals surface area contributed by atoms with E-state index >= 15 is 0 Å². The van der Waals surface area contributed by atoms with Gasteiger partial charge in [-0.1, -0.05) is 12.1 Å². The number of rotatable bonds is 4. The van der Waals surface area contributed by atoms with Gasteiger partial charge in [-0.3, -0.25) is 4.79 Å². The number of piperazine rings is 1. The van der Waals surface area contributed by atoms with Gasteiger partial charge in [0, 0.05) is 37.5 Å². The van der Waals surface area contributed by atoms with Crippen molar-refractivity contribution in [2.24, 2.45) is 0 Å². The summed E-state index contributed by atoms with van der Waals surface area (Å²) in [5.74, 6) is -3.72. The van der Waals surface area contributed by atoms with Crippen molar-refractivity contribution in [2.75, 3.05) is 57.4 Å². The lowest BCUT2D eigenvalue weighted by molar-refractivity contribution is -0.141. The van der Waals surface area contributed by atoms with Crippen LogP contribution in [0.5, 0.6) is 23.0 Å². The Morgan fingerprint density at radius 2 is 1.91 bits per heavy atom. The zero-order chi connectivity index (χ0) is 34.3. The predicted molar refractivity (Wildman–Crippen MR) is 122 cm³/mol. The van der Waals surface area contributed by atoms with Crippen LogP contribution in [0.25, 0.3) is 10.9 Å². The van der Waals surface area contributed by atoms with Crippen molar-refractivity contribution in [3.63, 3.8) is 0 Å². The van der Waals surface area contributed by atoms with Crippen LogP contribution < -0.4 is 29.6 Å². The average molecular weight is 465 g/mol. The van der Waals surface area contributed by atoms with Crippen molar-refractivity contribution in [1.29, 1.82) is 0 Å². The first-order valence-corrected chi connectivity index (χ1v) is 9.49. The third-order valence-electron chi connectivity index (χ3n) is 4.83. The molecule has 2 aliphatic heterocycles. The Balaban J connectivity index is 1.51. The molecule has 1 atom stereocenters. The minimum atomic E-state index is -3.26. The maximum atomic E-state index is 13.7. The topological polar surface area (TPSA) is 112 Å². The number of nitrogen functional groups attached to an aromatic ring is 1. The fraction of sp³-hybridized carbons (Fsp3) is 0.348. The molecule has 0 radical (unpaired) electrons. The highest BCUT2D eigenvalue weighted by Gasteiger charge is 2.33. The Morgan fingerprint density at radius 1 is 1.18 bits per heavy atom. The van der Waals surface area contributed by atoms with Gasteiger partial charge in [0.2, 0.25) is 12.0 Å². The Morgan fingerprint density at radius 3 is 2.67 bits per heavy atom. The first kappa shape index (κ1) is 10.8. The van der Waals surface area contributed by atoms with E-state index in [1.165, 1.54) is 24.3 Å². The molecule has 1 saturated heterocycles. The second-order valence-electron chi connectivity index (χ2n) is 6.82. The number of anilines is 2. The Hall–Kier alpha value is -3.95. The lowest BCUT2D eigenvalue weighted by Gasteiger charge is -2.37. The molecule has 10 heteroatoms. The van der Waals surface area contributed by atoms with E-state index in [0.717, 1.165) is 17.0 Å². The van der Waals surface area contributed by atoms with Gasteiger partial charge in [0.25, 0.3) is 5.91 Å². The lowest BCUT2D eigenvalue weighted by atomic mass is 10.2. The molecule has 3 heterocycles. The van der Waals surface area contributed by atoms with Crippen LogP contribution in [-0.4, -0.2) is 73.6 Å². The van der Waals surface area contributed by atoms with Gasteiger partial charge < -0.3 is 34.5 Å². The van der Waals surface area contributed by atoms with Gasteiger partial charge in [0.1, 0.15) is 12.4 Å². The van der Waals surface area contributed by atoms with Gasteiger partial charge >= 0.3 is 0 Å². The van der Waals surface area contributed by atoms with Crippen molar-refractivity contribution >= 4 is 28.6 Å². The summed E-state index contributed by atoms with van der Waals surface area (Å²) in [6.45, 7) is -10.7. The van der Waals surface area contributed by atoms with E-state index < -0.39 is 70.2 Å². The van der Waals surface area contributed by atoms with Gasteiger partial charge in [-0.15, -0.1) is 0 Å². The number of hydrogen-bond acceptors (Lipinski definition) is 9. The maximum Gasteiger partial charge on any atom is 0.267 e. The summed E-state index contributed by atoms with van der Waals surface area (Å²) in [6.07, 6.45) is -3.26. The van der Waals surface area contributed by atoms with Crippen molar-refractivity contribution in [1.82, 2.24) is 14.9 Å². The van der Waals surface area contributed by atoms with E-state index in [2.05, 4.69) is 9.97 Å². The van der Waals surface area contributed by atoms with Crippen LogP contribution in [0.3, 0.4) is 0 Å². The molecule has 2 aromatic carbocycles. The molecule has 1 fully saturated rings. The largest absolute Gasteiger partial charge is 0.493 e. The number of hydrogen-bond donors (Lipinski definition) is 1. The number of nitrogens with zero attached hydrogens (tertiary/aromatic N) is 4. The monoisotopic (exact) mass is 464 g/mol. The van der Waals surface area contributed by atoms with Crippen molar-refractivity contribution in [3.8, 4) is 23.0 Å². The summed E-state index contributed by atoms with van der Waals surface area (Å²) in [5.41, 5.74) is 5.99. The number of carbonyl (C=O) groups is 1. The van der Waals surface area contributed by atoms with Gasteiger partial charge in [0.15, 0.2) is 23.0 Å². The zero-order valence-corrected chi connectivity index (χ0v) is 16.8.